The predicted octanol–water partition coefficient (Wildman–Crippen LogP) is 3.66. The van der Waals surface area contributed by atoms with Crippen LogP contribution in [0.2, 0.25) is 0 Å². The maximum Gasteiger partial charge on any atom is 0.109 e. The van der Waals surface area contributed by atoms with Gasteiger partial charge in [-0.2, -0.15) is 0 Å². The fourth-order valence-electron chi connectivity index (χ4n) is 2.58. The van der Waals surface area contributed by atoms with Crippen LogP contribution in [0, 0.1) is 0 Å². The molecule has 1 aliphatic carbocycles. The van der Waals surface area contributed by atoms with E-state index in [2.05, 4.69) is 26.5 Å². The van der Waals surface area contributed by atoms with E-state index in [0.29, 0.717) is 12.1 Å². The lowest BCUT2D eigenvalue weighted by Gasteiger charge is -2.16. The highest BCUT2D eigenvalue weighted by Crippen LogP contribution is 2.19. The minimum atomic E-state index is 0.453. The number of aromatic nitrogens is 2. The number of hydrogen-bond donors (Lipinski definition) is 0. The molecule has 4 nitrogen and oxygen atoms in total. The standard InChI is InChI=1S/C15H24N4/c1-2-15(19-11-10-17-13-19)8-9-16-12-18-14-6-4-3-5-7-14/h9-15H,2-8H2,1H3. The number of nitrogens with zero attached hydrogens (tertiary/aromatic N) is 4. The molecule has 1 aliphatic rings. The topological polar surface area (TPSA) is 42.5 Å². The zero-order chi connectivity index (χ0) is 13.3. The highest BCUT2D eigenvalue weighted by Gasteiger charge is 2.10. The van der Waals surface area contributed by atoms with Gasteiger partial charge in [-0.1, -0.05) is 26.2 Å². The van der Waals surface area contributed by atoms with Gasteiger partial charge >= 0.3 is 0 Å². The van der Waals surface area contributed by atoms with E-state index in [9.17, 15) is 0 Å². The van der Waals surface area contributed by atoms with E-state index >= 15 is 0 Å². The van der Waals surface area contributed by atoms with E-state index in [1.165, 1.54) is 32.1 Å². The molecule has 0 bridgehead atoms. The summed E-state index contributed by atoms with van der Waals surface area (Å²) >= 11 is 0. The van der Waals surface area contributed by atoms with Crippen molar-refractivity contribution in [2.45, 2.75) is 64.0 Å². The lowest BCUT2D eigenvalue weighted by molar-refractivity contribution is 0.444. The van der Waals surface area contributed by atoms with Crippen LogP contribution >= 0.6 is 0 Å². The first kappa shape index (κ1) is 14.0. The van der Waals surface area contributed by atoms with Gasteiger partial charge in [-0.3, -0.25) is 4.99 Å². The average molecular weight is 260 g/mol. The Morgan fingerprint density at radius 1 is 1.37 bits per heavy atom. The third kappa shape index (κ3) is 4.62. The maximum atomic E-state index is 4.53. The Labute approximate surface area is 115 Å². The van der Waals surface area contributed by atoms with Crippen LogP contribution in [-0.2, 0) is 0 Å². The second-order valence-corrected chi connectivity index (χ2v) is 5.20. The summed E-state index contributed by atoms with van der Waals surface area (Å²) in [6.07, 6.45) is 17.9. The van der Waals surface area contributed by atoms with Gasteiger partial charge in [-0.05, 0) is 19.3 Å². The van der Waals surface area contributed by atoms with Gasteiger partial charge in [0, 0.05) is 31.1 Å². The Morgan fingerprint density at radius 2 is 2.21 bits per heavy atom. The molecular weight excluding hydrogens is 236 g/mol. The monoisotopic (exact) mass is 260 g/mol. The molecule has 1 fully saturated rings. The van der Waals surface area contributed by atoms with Gasteiger partial charge in [-0.15, -0.1) is 0 Å². The van der Waals surface area contributed by atoms with Gasteiger partial charge < -0.3 is 4.57 Å². The molecular formula is C15H24N4. The number of imidazole rings is 1. The Hall–Kier alpha value is -1.45. The zero-order valence-corrected chi connectivity index (χ0v) is 11.8. The zero-order valence-electron chi connectivity index (χ0n) is 11.8. The highest BCUT2D eigenvalue weighted by atomic mass is 15.0. The van der Waals surface area contributed by atoms with E-state index in [1.54, 1.807) is 6.34 Å². The first-order chi connectivity index (χ1) is 9.40. The quantitative estimate of drug-likeness (QED) is 0.568. The van der Waals surface area contributed by atoms with E-state index in [1.807, 2.05) is 24.9 Å². The predicted molar refractivity (Wildman–Crippen MR) is 80.0 cm³/mol. The van der Waals surface area contributed by atoms with Gasteiger partial charge in [-0.25, -0.2) is 9.98 Å². The van der Waals surface area contributed by atoms with Gasteiger partial charge in [0.05, 0.1) is 12.4 Å². The number of aliphatic imine (C=N–C) groups is 2. The summed E-state index contributed by atoms with van der Waals surface area (Å²) in [5.41, 5.74) is 0. The third-order valence-corrected chi connectivity index (χ3v) is 3.82. The van der Waals surface area contributed by atoms with Crippen LogP contribution in [-0.4, -0.2) is 28.1 Å². The molecule has 0 N–H and O–H groups in total. The van der Waals surface area contributed by atoms with Crippen molar-refractivity contribution in [2.75, 3.05) is 0 Å². The van der Waals surface area contributed by atoms with Crippen molar-refractivity contribution in [2.24, 2.45) is 9.98 Å². The molecule has 2 rings (SSSR count). The molecule has 0 radical (unpaired) electrons. The molecule has 19 heavy (non-hydrogen) atoms. The fraction of sp³-hybridized carbons (Fsp3) is 0.667. The molecule has 0 saturated heterocycles. The average Bonchev–Trinajstić information content (AvgIpc) is 2.98. The SMILES string of the molecule is CCC(CC=NC=NC1CCCCC1)n1ccnc1. The summed E-state index contributed by atoms with van der Waals surface area (Å²) in [5, 5.41) is 0. The molecule has 1 heterocycles. The Bertz CT molecular complexity index is 388. The number of rotatable bonds is 6. The van der Waals surface area contributed by atoms with E-state index in [4.69, 9.17) is 0 Å². The molecule has 0 spiro atoms. The Kier molecular flexibility index (Phi) is 5.79. The third-order valence-electron chi connectivity index (χ3n) is 3.82. The van der Waals surface area contributed by atoms with E-state index < -0.39 is 0 Å². The van der Waals surface area contributed by atoms with Crippen molar-refractivity contribution in [1.29, 1.82) is 0 Å². The summed E-state index contributed by atoms with van der Waals surface area (Å²) in [6, 6.07) is 0.968. The molecule has 0 aliphatic heterocycles. The largest absolute Gasteiger partial charge is 0.334 e. The minimum absolute atomic E-state index is 0.453. The van der Waals surface area contributed by atoms with Gasteiger partial charge in [0.25, 0.3) is 0 Å². The molecule has 1 aromatic heterocycles. The number of hydrogen-bond acceptors (Lipinski definition) is 2. The lowest BCUT2D eigenvalue weighted by Crippen LogP contribution is -2.09. The smallest absolute Gasteiger partial charge is 0.109 e. The first-order valence-corrected chi connectivity index (χ1v) is 7.41. The van der Waals surface area contributed by atoms with Crippen LogP contribution in [0.4, 0.5) is 0 Å². The van der Waals surface area contributed by atoms with E-state index in [-0.39, 0.29) is 0 Å². The van der Waals surface area contributed by atoms with Crippen molar-refractivity contribution in [1.82, 2.24) is 9.55 Å². The van der Waals surface area contributed by atoms with Crippen LogP contribution in [0.5, 0.6) is 0 Å². The van der Waals surface area contributed by atoms with Crippen molar-refractivity contribution in [3.63, 3.8) is 0 Å². The molecule has 0 aromatic carbocycles. The van der Waals surface area contributed by atoms with Crippen LogP contribution in [0.1, 0.15) is 57.9 Å². The summed E-state index contributed by atoms with van der Waals surface area (Å²) in [4.78, 5) is 12.9. The van der Waals surface area contributed by atoms with Crippen molar-refractivity contribution in [3.8, 4) is 0 Å². The summed E-state index contributed by atoms with van der Waals surface area (Å²) in [6.45, 7) is 2.19. The summed E-state index contributed by atoms with van der Waals surface area (Å²) in [5.74, 6) is 0. The second kappa shape index (κ2) is 7.87. The second-order valence-electron chi connectivity index (χ2n) is 5.20. The molecule has 0 amide bonds. The van der Waals surface area contributed by atoms with E-state index in [0.717, 1.165) is 12.8 Å². The van der Waals surface area contributed by atoms with Crippen LogP contribution in [0.3, 0.4) is 0 Å². The molecule has 1 unspecified atom stereocenters. The van der Waals surface area contributed by atoms with Crippen molar-refractivity contribution >= 4 is 12.6 Å². The van der Waals surface area contributed by atoms with Gasteiger partial charge in [0.1, 0.15) is 6.34 Å². The molecule has 104 valence electrons. The fourth-order valence-corrected chi connectivity index (χ4v) is 2.58. The van der Waals surface area contributed by atoms with Crippen LogP contribution in [0.15, 0.2) is 28.7 Å². The maximum absolute atomic E-state index is 4.53. The Balaban J connectivity index is 1.74. The van der Waals surface area contributed by atoms with Crippen LogP contribution in [0.25, 0.3) is 0 Å². The van der Waals surface area contributed by atoms with Crippen LogP contribution < -0.4 is 0 Å². The summed E-state index contributed by atoms with van der Waals surface area (Å²) in [7, 11) is 0. The van der Waals surface area contributed by atoms with Gasteiger partial charge in [0.15, 0.2) is 0 Å². The minimum Gasteiger partial charge on any atom is -0.334 e. The Morgan fingerprint density at radius 3 is 2.89 bits per heavy atom. The normalized spacial score (nSPS) is 19.4. The molecule has 4 heteroatoms. The molecule has 1 saturated carbocycles. The summed E-state index contributed by atoms with van der Waals surface area (Å²) < 4.78 is 2.14. The molecule has 1 atom stereocenters. The highest BCUT2D eigenvalue weighted by molar-refractivity contribution is 5.72. The molecule has 1 aromatic rings. The lowest BCUT2D eigenvalue weighted by atomic mass is 9.96. The van der Waals surface area contributed by atoms with Gasteiger partial charge in [0.2, 0.25) is 0 Å². The van der Waals surface area contributed by atoms with Crippen molar-refractivity contribution in [3.05, 3.63) is 18.7 Å². The first-order valence-electron chi connectivity index (χ1n) is 7.41. The van der Waals surface area contributed by atoms with Crippen molar-refractivity contribution < 1.29 is 0 Å².